The first-order valence-electron chi connectivity index (χ1n) is 9.02. The molecule has 30 heavy (non-hydrogen) atoms. The van der Waals surface area contributed by atoms with Gasteiger partial charge in [-0.3, -0.25) is 4.31 Å². The molecule has 0 atom stereocenters. The van der Waals surface area contributed by atoms with Gasteiger partial charge in [-0.25, -0.2) is 8.42 Å². The minimum absolute atomic E-state index is 0.0915. The number of hydrogen-bond acceptors (Lipinski definition) is 5. The van der Waals surface area contributed by atoms with E-state index in [2.05, 4.69) is 0 Å². The van der Waals surface area contributed by atoms with Gasteiger partial charge in [0.1, 0.15) is 17.2 Å². The normalized spacial score (nSPS) is 11.1. The van der Waals surface area contributed by atoms with Gasteiger partial charge in [-0.2, -0.15) is 0 Å². The van der Waals surface area contributed by atoms with Crippen molar-refractivity contribution in [3.05, 3.63) is 77.3 Å². The van der Waals surface area contributed by atoms with Gasteiger partial charge in [0.05, 0.1) is 38.5 Å². The predicted molar refractivity (Wildman–Crippen MR) is 117 cm³/mol. The van der Waals surface area contributed by atoms with E-state index in [1.807, 2.05) is 0 Å². The molecule has 3 rings (SSSR count). The van der Waals surface area contributed by atoms with E-state index in [0.717, 1.165) is 5.56 Å². The highest BCUT2D eigenvalue weighted by Crippen LogP contribution is 2.36. The fraction of sp³-hybridized carbons (Fsp3) is 0.182. The van der Waals surface area contributed by atoms with E-state index in [0.29, 0.717) is 28.0 Å². The lowest BCUT2D eigenvalue weighted by molar-refractivity contribution is 0.394. The molecule has 0 bridgehead atoms. The number of methoxy groups -OCH3 is 3. The molecular formula is C22H22ClNO5S. The Bertz CT molecular complexity index is 1100. The van der Waals surface area contributed by atoms with Crippen molar-refractivity contribution in [2.45, 2.75) is 11.4 Å². The van der Waals surface area contributed by atoms with Gasteiger partial charge in [0.15, 0.2) is 0 Å². The zero-order valence-electron chi connectivity index (χ0n) is 16.8. The molecule has 6 nitrogen and oxygen atoms in total. The van der Waals surface area contributed by atoms with Crippen LogP contribution < -0.4 is 18.5 Å². The lowest BCUT2D eigenvalue weighted by Crippen LogP contribution is -2.31. The summed E-state index contributed by atoms with van der Waals surface area (Å²) < 4.78 is 44.3. The zero-order chi connectivity index (χ0) is 21.7. The van der Waals surface area contributed by atoms with Crippen LogP contribution in [0.3, 0.4) is 0 Å². The topological polar surface area (TPSA) is 65.1 Å². The molecule has 0 aliphatic carbocycles. The average molecular weight is 448 g/mol. The van der Waals surface area contributed by atoms with Gasteiger partial charge < -0.3 is 14.2 Å². The molecule has 0 amide bonds. The van der Waals surface area contributed by atoms with Gasteiger partial charge in [-0.15, -0.1) is 0 Å². The highest BCUT2D eigenvalue weighted by molar-refractivity contribution is 7.92. The van der Waals surface area contributed by atoms with Crippen LogP contribution in [0.5, 0.6) is 17.2 Å². The maximum Gasteiger partial charge on any atom is 0.264 e. The van der Waals surface area contributed by atoms with E-state index < -0.39 is 10.0 Å². The van der Waals surface area contributed by atoms with Crippen LogP contribution in [0.25, 0.3) is 0 Å². The summed E-state index contributed by atoms with van der Waals surface area (Å²) in [6, 6.07) is 18.3. The summed E-state index contributed by atoms with van der Waals surface area (Å²) in [5.41, 5.74) is 1.17. The van der Waals surface area contributed by atoms with Crippen LogP contribution in [0.15, 0.2) is 71.6 Å². The van der Waals surface area contributed by atoms with Crippen molar-refractivity contribution < 1.29 is 22.6 Å². The molecule has 0 heterocycles. The number of sulfonamides is 1. The molecule has 0 saturated carbocycles. The van der Waals surface area contributed by atoms with Crippen molar-refractivity contribution in [1.82, 2.24) is 0 Å². The third-order valence-corrected chi connectivity index (χ3v) is 6.57. The van der Waals surface area contributed by atoms with E-state index >= 15 is 0 Å². The maximum absolute atomic E-state index is 13.6. The summed E-state index contributed by atoms with van der Waals surface area (Å²) in [7, 11) is 0.631. The van der Waals surface area contributed by atoms with Gasteiger partial charge in [-0.1, -0.05) is 23.7 Å². The maximum atomic E-state index is 13.6. The Morgan fingerprint density at radius 1 is 0.800 bits per heavy atom. The fourth-order valence-electron chi connectivity index (χ4n) is 2.92. The van der Waals surface area contributed by atoms with Crippen LogP contribution in [0.2, 0.25) is 5.02 Å². The zero-order valence-corrected chi connectivity index (χ0v) is 18.4. The van der Waals surface area contributed by atoms with Crippen molar-refractivity contribution in [2.75, 3.05) is 25.6 Å². The summed E-state index contributed by atoms with van der Waals surface area (Å²) in [4.78, 5) is 0.134. The molecule has 0 unspecified atom stereocenters. The highest BCUT2D eigenvalue weighted by Gasteiger charge is 2.28. The predicted octanol–water partition coefficient (Wildman–Crippen LogP) is 4.76. The quantitative estimate of drug-likeness (QED) is 0.498. The van der Waals surface area contributed by atoms with Crippen molar-refractivity contribution in [3.8, 4) is 17.2 Å². The molecule has 3 aromatic rings. The summed E-state index contributed by atoms with van der Waals surface area (Å²) in [6.07, 6.45) is 0. The van der Waals surface area contributed by atoms with Crippen LogP contribution in [0, 0.1) is 0 Å². The third kappa shape index (κ3) is 4.63. The number of benzene rings is 3. The van der Waals surface area contributed by atoms with Crippen molar-refractivity contribution >= 4 is 27.3 Å². The first-order chi connectivity index (χ1) is 14.4. The number of rotatable bonds is 8. The Kier molecular flexibility index (Phi) is 6.74. The Hall–Kier alpha value is -2.90. The van der Waals surface area contributed by atoms with E-state index in [1.54, 1.807) is 54.6 Å². The molecular weight excluding hydrogens is 426 g/mol. The van der Waals surface area contributed by atoms with Gasteiger partial charge in [0, 0.05) is 11.1 Å². The smallest absolute Gasteiger partial charge is 0.264 e. The van der Waals surface area contributed by atoms with Gasteiger partial charge >= 0.3 is 0 Å². The average Bonchev–Trinajstić information content (AvgIpc) is 2.78. The molecule has 0 fully saturated rings. The number of nitrogens with zero attached hydrogens (tertiary/aromatic N) is 1. The second-order valence-electron chi connectivity index (χ2n) is 6.35. The Morgan fingerprint density at radius 2 is 1.40 bits per heavy atom. The number of anilines is 1. The van der Waals surface area contributed by atoms with E-state index in [-0.39, 0.29) is 11.4 Å². The number of halogens is 1. The standard InChI is InChI=1S/C22H22ClNO5S/c1-27-18-8-11-20(12-9-18)30(25,26)24(15-16-4-6-17(23)7-5-16)21-13-10-19(28-2)14-22(21)29-3/h4-14H,15H2,1-3H3. The lowest BCUT2D eigenvalue weighted by atomic mass is 10.2. The van der Waals surface area contributed by atoms with Gasteiger partial charge in [-0.05, 0) is 54.1 Å². The largest absolute Gasteiger partial charge is 0.497 e. The van der Waals surface area contributed by atoms with Gasteiger partial charge in [0.2, 0.25) is 0 Å². The Morgan fingerprint density at radius 3 is 1.97 bits per heavy atom. The summed E-state index contributed by atoms with van der Waals surface area (Å²) in [5.74, 6) is 1.50. The molecule has 0 saturated heterocycles. The first-order valence-corrected chi connectivity index (χ1v) is 10.8. The molecule has 0 N–H and O–H groups in total. The summed E-state index contributed by atoms with van der Waals surface area (Å²) in [5, 5.41) is 0.574. The van der Waals surface area contributed by atoms with E-state index in [4.69, 9.17) is 25.8 Å². The first kappa shape index (κ1) is 21.8. The second kappa shape index (κ2) is 9.28. The summed E-state index contributed by atoms with van der Waals surface area (Å²) >= 11 is 5.98. The minimum Gasteiger partial charge on any atom is -0.497 e. The Labute approximate surface area is 181 Å². The number of ether oxygens (including phenoxy) is 3. The SMILES string of the molecule is COc1ccc(S(=O)(=O)N(Cc2ccc(Cl)cc2)c2ccc(OC)cc2OC)cc1. The van der Waals surface area contributed by atoms with E-state index in [1.165, 1.54) is 37.8 Å². The lowest BCUT2D eigenvalue weighted by Gasteiger charge is -2.26. The second-order valence-corrected chi connectivity index (χ2v) is 8.65. The van der Waals surface area contributed by atoms with E-state index in [9.17, 15) is 8.42 Å². The molecule has 0 aliphatic heterocycles. The molecule has 0 aromatic heterocycles. The van der Waals surface area contributed by atoms with Crippen LogP contribution in [0.4, 0.5) is 5.69 Å². The van der Waals surface area contributed by atoms with Crippen molar-refractivity contribution in [2.24, 2.45) is 0 Å². The van der Waals surface area contributed by atoms with Gasteiger partial charge in [0.25, 0.3) is 10.0 Å². The Balaban J connectivity index is 2.12. The minimum atomic E-state index is -3.92. The summed E-state index contributed by atoms with van der Waals surface area (Å²) in [6.45, 7) is 0.0915. The van der Waals surface area contributed by atoms with Crippen LogP contribution in [-0.2, 0) is 16.6 Å². The molecule has 158 valence electrons. The highest BCUT2D eigenvalue weighted by atomic mass is 35.5. The third-order valence-electron chi connectivity index (χ3n) is 4.54. The molecule has 0 radical (unpaired) electrons. The monoisotopic (exact) mass is 447 g/mol. The van der Waals surface area contributed by atoms with Crippen LogP contribution in [0.1, 0.15) is 5.56 Å². The molecule has 0 aliphatic rings. The number of hydrogen-bond donors (Lipinski definition) is 0. The van der Waals surface area contributed by atoms with Crippen LogP contribution >= 0.6 is 11.6 Å². The van der Waals surface area contributed by atoms with Crippen molar-refractivity contribution in [1.29, 1.82) is 0 Å². The molecule has 8 heteroatoms. The fourth-order valence-corrected chi connectivity index (χ4v) is 4.51. The molecule has 0 spiro atoms. The van der Waals surface area contributed by atoms with Crippen molar-refractivity contribution in [3.63, 3.8) is 0 Å². The molecule has 3 aromatic carbocycles. The van der Waals surface area contributed by atoms with Crippen LogP contribution in [-0.4, -0.2) is 29.7 Å².